The van der Waals surface area contributed by atoms with Crippen LogP contribution in [0.15, 0.2) is 16.9 Å². The lowest BCUT2D eigenvalue weighted by Gasteiger charge is -2.41. The van der Waals surface area contributed by atoms with Crippen LogP contribution in [0.2, 0.25) is 5.15 Å². The van der Waals surface area contributed by atoms with E-state index in [0.29, 0.717) is 36.9 Å². The summed E-state index contributed by atoms with van der Waals surface area (Å²) in [6, 6.07) is 3.56. The van der Waals surface area contributed by atoms with Gasteiger partial charge in [0.25, 0.3) is 0 Å². The van der Waals surface area contributed by atoms with Gasteiger partial charge in [-0.15, -0.1) is 0 Å². The van der Waals surface area contributed by atoms with Crippen molar-refractivity contribution in [2.45, 2.75) is 57.3 Å². The van der Waals surface area contributed by atoms with Gasteiger partial charge in [-0.25, -0.2) is 14.6 Å². The fourth-order valence-corrected chi connectivity index (χ4v) is 3.86. The summed E-state index contributed by atoms with van der Waals surface area (Å²) < 4.78 is 14.2. The number of rotatable bonds is 3. The average molecular weight is 409 g/mol. The van der Waals surface area contributed by atoms with Crippen molar-refractivity contribution in [3.8, 4) is 0 Å². The normalized spacial score (nSPS) is 22.6. The van der Waals surface area contributed by atoms with Crippen LogP contribution in [0.25, 0.3) is 11.2 Å². The number of hydrogen-bond donors (Lipinski definition) is 0. The van der Waals surface area contributed by atoms with E-state index in [9.17, 15) is 9.59 Å². The van der Waals surface area contributed by atoms with Gasteiger partial charge in [0.15, 0.2) is 5.65 Å². The third-order valence-corrected chi connectivity index (χ3v) is 5.60. The average Bonchev–Trinajstić information content (AvgIpc) is 2.76. The van der Waals surface area contributed by atoms with Crippen LogP contribution in [0, 0.1) is 0 Å². The summed E-state index contributed by atoms with van der Waals surface area (Å²) in [5.41, 5.74) is 0.727. The van der Waals surface area contributed by atoms with Gasteiger partial charge in [-0.1, -0.05) is 11.6 Å². The van der Waals surface area contributed by atoms with Crippen molar-refractivity contribution >= 4 is 28.9 Å². The van der Waals surface area contributed by atoms with Gasteiger partial charge in [0.05, 0.1) is 24.8 Å². The zero-order chi connectivity index (χ0) is 20.2. The topological polar surface area (TPSA) is 78.6 Å². The highest BCUT2D eigenvalue weighted by Crippen LogP contribution is 2.37. The number of nitrogens with zero attached hydrogens (tertiary/aromatic N) is 4. The Kier molecular flexibility index (Phi) is 4.66. The van der Waals surface area contributed by atoms with Crippen molar-refractivity contribution in [1.82, 2.24) is 19.0 Å². The van der Waals surface area contributed by atoms with Gasteiger partial charge in [0, 0.05) is 19.1 Å². The van der Waals surface area contributed by atoms with Crippen molar-refractivity contribution in [2.24, 2.45) is 0 Å². The maximum absolute atomic E-state index is 13.1. The number of carbonyl (C=O) groups is 1. The molecule has 0 bridgehead atoms. The van der Waals surface area contributed by atoms with E-state index in [1.54, 1.807) is 27.1 Å². The van der Waals surface area contributed by atoms with Crippen molar-refractivity contribution in [3.63, 3.8) is 0 Å². The quantitative estimate of drug-likeness (QED) is 0.729. The first-order valence-corrected chi connectivity index (χ1v) is 9.86. The molecule has 1 aliphatic carbocycles. The van der Waals surface area contributed by atoms with Crippen LogP contribution in [0.3, 0.4) is 0 Å². The molecule has 4 rings (SSSR count). The molecule has 28 heavy (non-hydrogen) atoms. The molecular weight excluding hydrogens is 384 g/mol. The molecule has 1 amide bonds. The lowest BCUT2D eigenvalue weighted by Crippen LogP contribution is -2.49. The SMILES string of the molecule is CN(C(=O)OC(C)(C)C)C1CC(n2c(=O)n(C3COC3)c3ccc(Cl)nc32)C1. The molecule has 1 saturated carbocycles. The molecule has 0 radical (unpaired) electrons. The number of amides is 1. The first-order chi connectivity index (χ1) is 13.2. The molecule has 0 aromatic carbocycles. The Hall–Kier alpha value is -2.06. The zero-order valence-electron chi connectivity index (χ0n) is 16.5. The Labute approximate surface area is 168 Å². The molecule has 152 valence electrons. The first kappa shape index (κ1) is 19.3. The second-order valence-electron chi connectivity index (χ2n) is 8.56. The molecule has 2 aromatic heterocycles. The van der Waals surface area contributed by atoms with E-state index >= 15 is 0 Å². The van der Waals surface area contributed by atoms with Crippen molar-refractivity contribution in [3.05, 3.63) is 27.8 Å². The molecule has 1 saturated heterocycles. The summed E-state index contributed by atoms with van der Waals surface area (Å²) in [6.45, 7) is 6.58. The zero-order valence-corrected chi connectivity index (χ0v) is 17.3. The van der Waals surface area contributed by atoms with Crippen LogP contribution in [-0.4, -0.2) is 57.0 Å². The molecule has 2 fully saturated rings. The number of fused-ring (bicyclic) bond motifs is 1. The molecule has 0 atom stereocenters. The van der Waals surface area contributed by atoms with E-state index in [2.05, 4.69) is 4.98 Å². The summed E-state index contributed by atoms with van der Waals surface area (Å²) in [4.78, 5) is 31.5. The molecule has 0 unspecified atom stereocenters. The molecule has 2 aromatic rings. The third-order valence-electron chi connectivity index (χ3n) is 5.39. The molecule has 3 heterocycles. The van der Waals surface area contributed by atoms with E-state index in [4.69, 9.17) is 21.1 Å². The molecule has 1 aliphatic heterocycles. The third kappa shape index (κ3) is 3.28. The van der Waals surface area contributed by atoms with Crippen LogP contribution >= 0.6 is 11.6 Å². The number of hydrogen-bond acceptors (Lipinski definition) is 5. The predicted molar refractivity (Wildman–Crippen MR) is 105 cm³/mol. The highest BCUT2D eigenvalue weighted by atomic mass is 35.5. The molecule has 2 aliphatic rings. The van der Waals surface area contributed by atoms with Crippen molar-refractivity contribution < 1.29 is 14.3 Å². The van der Waals surface area contributed by atoms with Gasteiger partial charge in [-0.3, -0.25) is 9.13 Å². The molecular formula is C19H25ClN4O4. The number of pyridine rings is 1. The Balaban J connectivity index is 1.58. The monoisotopic (exact) mass is 408 g/mol. The standard InChI is InChI=1S/C19H25ClN4O4/c1-19(2,3)28-18(26)22(4)11-7-12(8-11)24-16-14(5-6-15(20)21-16)23(17(24)25)13-9-27-10-13/h5-6,11-13H,7-10H2,1-4H3. The van der Waals surface area contributed by atoms with Crippen LogP contribution in [0.1, 0.15) is 45.7 Å². The van der Waals surface area contributed by atoms with Crippen LogP contribution in [-0.2, 0) is 9.47 Å². The minimum absolute atomic E-state index is 0.0244. The highest BCUT2D eigenvalue weighted by Gasteiger charge is 2.39. The summed E-state index contributed by atoms with van der Waals surface area (Å²) in [5, 5.41) is 0.352. The number of halogens is 1. The lowest BCUT2D eigenvalue weighted by atomic mass is 9.85. The molecule has 8 nitrogen and oxygen atoms in total. The summed E-state index contributed by atoms with van der Waals surface area (Å²) in [6.07, 6.45) is 0.993. The largest absolute Gasteiger partial charge is 0.444 e. The highest BCUT2D eigenvalue weighted by molar-refractivity contribution is 6.29. The van der Waals surface area contributed by atoms with Crippen molar-refractivity contribution in [2.75, 3.05) is 20.3 Å². The lowest BCUT2D eigenvalue weighted by molar-refractivity contribution is -0.0237. The van der Waals surface area contributed by atoms with E-state index in [-0.39, 0.29) is 29.9 Å². The van der Waals surface area contributed by atoms with Gasteiger partial charge < -0.3 is 14.4 Å². The minimum atomic E-state index is -0.537. The fraction of sp³-hybridized carbons (Fsp3) is 0.632. The van der Waals surface area contributed by atoms with E-state index < -0.39 is 5.60 Å². The van der Waals surface area contributed by atoms with Gasteiger partial charge in [-0.2, -0.15) is 0 Å². The predicted octanol–water partition coefficient (Wildman–Crippen LogP) is 2.99. The molecule has 0 spiro atoms. The summed E-state index contributed by atoms with van der Waals surface area (Å²) in [7, 11) is 1.74. The maximum atomic E-state index is 13.1. The fourth-order valence-electron chi connectivity index (χ4n) is 3.72. The Morgan fingerprint density at radius 2 is 1.93 bits per heavy atom. The first-order valence-electron chi connectivity index (χ1n) is 9.48. The van der Waals surface area contributed by atoms with Gasteiger partial charge in [0.2, 0.25) is 0 Å². The number of ether oxygens (including phenoxy) is 2. The van der Waals surface area contributed by atoms with Crippen LogP contribution in [0.5, 0.6) is 0 Å². The van der Waals surface area contributed by atoms with Gasteiger partial charge in [-0.05, 0) is 45.7 Å². The number of imidazole rings is 1. The van der Waals surface area contributed by atoms with Crippen LogP contribution in [0.4, 0.5) is 4.79 Å². The Morgan fingerprint density at radius 3 is 2.50 bits per heavy atom. The summed E-state index contributed by atoms with van der Waals surface area (Å²) >= 11 is 6.10. The minimum Gasteiger partial charge on any atom is -0.444 e. The Bertz CT molecular complexity index is 967. The van der Waals surface area contributed by atoms with E-state index in [0.717, 1.165) is 5.52 Å². The smallest absolute Gasteiger partial charge is 0.410 e. The number of carbonyl (C=O) groups excluding carboxylic acids is 1. The van der Waals surface area contributed by atoms with Crippen LogP contribution < -0.4 is 5.69 Å². The van der Waals surface area contributed by atoms with Crippen molar-refractivity contribution in [1.29, 1.82) is 0 Å². The number of aromatic nitrogens is 3. The maximum Gasteiger partial charge on any atom is 0.410 e. The van der Waals surface area contributed by atoms with E-state index in [1.165, 1.54) is 0 Å². The second-order valence-corrected chi connectivity index (χ2v) is 8.95. The molecule has 9 heteroatoms. The van der Waals surface area contributed by atoms with E-state index in [1.807, 2.05) is 26.8 Å². The second kappa shape index (κ2) is 6.77. The molecule has 0 N–H and O–H groups in total. The van der Waals surface area contributed by atoms with Gasteiger partial charge in [0.1, 0.15) is 10.8 Å². The van der Waals surface area contributed by atoms with Gasteiger partial charge >= 0.3 is 11.8 Å². The Morgan fingerprint density at radius 1 is 1.25 bits per heavy atom. The summed E-state index contributed by atoms with van der Waals surface area (Å²) in [5.74, 6) is 0.